The van der Waals surface area contributed by atoms with E-state index in [4.69, 9.17) is 0 Å². The Morgan fingerprint density at radius 3 is 2.76 bits per heavy atom. The van der Waals surface area contributed by atoms with Gasteiger partial charge in [-0.3, -0.25) is 0 Å². The summed E-state index contributed by atoms with van der Waals surface area (Å²) in [5, 5.41) is 15.8. The standard InChI is InChI=1S/C12H21N5/c1-2-6-11(7-3-1)17-12(14-15-16-17)9-10-5-4-8-13-10/h10-11,13H,1-9H2. The summed E-state index contributed by atoms with van der Waals surface area (Å²) >= 11 is 0. The third-order valence-corrected chi connectivity index (χ3v) is 4.07. The van der Waals surface area contributed by atoms with Crippen LogP contribution in [-0.4, -0.2) is 32.8 Å². The molecular weight excluding hydrogens is 214 g/mol. The molecule has 2 heterocycles. The van der Waals surface area contributed by atoms with Crippen molar-refractivity contribution in [2.45, 2.75) is 63.5 Å². The second-order valence-corrected chi connectivity index (χ2v) is 5.33. The maximum atomic E-state index is 4.22. The van der Waals surface area contributed by atoms with E-state index in [1.54, 1.807) is 0 Å². The molecule has 1 unspecified atom stereocenters. The minimum atomic E-state index is 0.551. The van der Waals surface area contributed by atoms with Gasteiger partial charge in [0.05, 0.1) is 6.04 Å². The molecule has 0 aromatic carbocycles. The van der Waals surface area contributed by atoms with Crippen LogP contribution in [0.2, 0.25) is 0 Å². The van der Waals surface area contributed by atoms with Crippen LogP contribution >= 0.6 is 0 Å². The Morgan fingerprint density at radius 1 is 1.12 bits per heavy atom. The van der Waals surface area contributed by atoms with Gasteiger partial charge in [0.1, 0.15) is 0 Å². The number of nitrogens with zero attached hydrogens (tertiary/aromatic N) is 4. The molecule has 1 N–H and O–H groups in total. The fraction of sp³-hybridized carbons (Fsp3) is 0.917. The van der Waals surface area contributed by atoms with Crippen LogP contribution in [0.25, 0.3) is 0 Å². The highest BCUT2D eigenvalue weighted by Gasteiger charge is 2.23. The van der Waals surface area contributed by atoms with Crippen molar-refractivity contribution in [1.29, 1.82) is 0 Å². The summed E-state index contributed by atoms with van der Waals surface area (Å²) < 4.78 is 2.10. The second-order valence-electron chi connectivity index (χ2n) is 5.33. The maximum absolute atomic E-state index is 4.22. The van der Waals surface area contributed by atoms with E-state index in [0.717, 1.165) is 18.8 Å². The van der Waals surface area contributed by atoms with Crippen LogP contribution in [0.1, 0.15) is 56.8 Å². The van der Waals surface area contributed by atoms with Gasteiger partial charge in [0.2, 0.25) is 0 Å². The Labute approximate surface area is 102 Å². The first-order valence-corrected chi connectivity index (χ1v) is 6.93. The van der Waals surface area contributed by atoms with Crippen molar-refractivity contribution >= 4 is 0 Å². The summed E-state index contributed by atoms with van der Waals surface area (Å²) in [5.74, 6) is 1.08. The average Bonchev–Trinajstić information content (AvgIpc) is 3.02. The summed E-state index contributed by atoms with van der Waals surface area (Å²) in [4.78, 5) is 0. The molecule has 17 heavy (non-hydrogen) atoms. The van der Waals surface area contributed by atoms with Gasteiger partial charge in [-0.05, 0) is 42.7 Å². The molecular formula is C12H21N5. The highest BCUT2D eigenvalue weighted by atomic mass is 15.5. The van der Waals surface area contributed by atoms with Crippen LogP contribution in [-0.2, 0) is 6.42 Å². The van der Waals surface area contributed by atoms with Gasteiger partial charge in [-0.1, -0.05) is 19.3 Å². The Kier molecular flexibility index (Phi) is 3.36. The number of nitrogens with one attached hydrogen (secondary N) is 1. The first-order valence-electron chi connectivity index (χ1n) is 6.93. The molecule has 1 aliphatic carbocycles. The summed E-state index contributed by atoms with van der Waals surface area (Å²) in [5.41, 5.74) is 0. The Balaban J connectivity index is 1.69. The zero-order valence-corrected chi connectivity index (χ0v) is 10.3. The van der Waals surface area contributed by atoms with Crippen LogP contribution < -0.4 is 5.32 Å². The van der Waals surface area contributed by atoms with Gasteiger partial charge in [-0.25, -0.2) is 4.68 Å². The summed E-state index contributed by atoms with van der Waals surface area (Å²) in [6, 6.07) is 1.14. The molecule has 0 bridgehead atoms. The van der Waals surface area contributed by atoms with Crippen LogP contribution in [0.15, 0.2) is 0 Å². The third kappa shape index (κ3) is 2.49. The largest absolute Gasteiger partial charge is 0.314 e. The normalized spacial score (nSPS) is 26.5. The van der Waals surface area contributed by atoms with E-state index in [1.807, 2.05) is 0 Å². The second kappa shape index (κ2) is 5.12. The molecule has 94 valence electrons. The van der Waals surface area contributed by atoms with Gasteiger partial charge in [-0.2, -0.15) is 0 Å². The van der Waals surface area contributed by atoms with Gasteiger partial charge in [0.15, 0.2) is 5.82 Å². The Hall–Kier alpha value is -0.970. The molecule has 0 spiro atoms. The first-order chi connectivity index (χ1) is 8.43. The molecule has 1 aliphatic heterocycles. The number of aromatic nitrogens is 4. The predicted molar refractivity (Wildman–Crippen MR) is 64.7 cm³/mol. The lowest BCUT2D eigenvalue weighted by molar-refractivity contribution is 0.314. The van der Waals surface area contributed by atoms with Crippen molar-refractivity contribution in [3.63, 3.8) is 0 Å². The monoisotopic (exact) mass is 235 g/mol. The van der Waals surface area contributed by atoms with Crippen molar-refractivity contribution in [2.75, 3.05) is 6.54 Å². The van der Waals surface area contributed by atoms with Gasteiger partial charge in [0, 0.05) is 12.5 Å². The molecule has 2 fully saturated rings. The molecule has 1 saturated heterocycles. The van der Waals surface area contributed by atoms with Crippen molar-refractivity contribution in [2.24, 2.45) is 0 Å². The molecule has 0 radical (unpaired) electrons. The van der Waals surface area contributed by atoms with E-state index >= 15 is 0 Å². The predicted octanol–water partition coefficient (Wildman–Crippen LogP) is 1.47. The first kappa shape index (κ1) is 11.1. The summed E-state index contributed by atoms with van der Waals surface area (Å²) in [6.07, 6.45) is 10.1. The minimum Gasteiger partial charge on any atom is -0.314 e. The number of rotatable bonds is 3. The van der Waals surface area contributed by atoms with Gasteiger partial charge in [-0.15, -0.1) is 5.10 Å². The highest BCUT2D eigenvalue weighted by molar-refractivity contribution is 4.92. The quantitative estimate of drug-likeness (QED) is 0.862. The van der Waals surface area contributed by atoms with E-state index in [2.05, 4.69) is 25.5 Å². The average molecular weight is 235 g/mol. The van der Waals surface area contributed by atoms with Crippen LogP contribution in [0.3, 0.4) is 0 Å². The van der Waals surface area contributed by atoms with Crippen molar-refractivity contribution < 1.29 is 0 Å². The van der Waals surface area contributed by atoms with Crippen LogP contribution in [0.5, 0.6) is 0 Å². The molecule has 5 heteroatoms. The zero-order chi connectivity index (χ0) is 11.5. The van der Waals surface area contributed by atoms with E-state index < -0.39 is 0 Å². The van der Waals surface area contributed by atoms with Gasteiger partial charge >= 0.3 is 0 Å². The van der Waals surface area contributed by atoms with Gasteiger partial charge in [0.25, 0.3) is 0 Å². The lowest BCUT2D eigenvalue weighted by Gasteiger charge is -2.22. The fourth-order valence-electron chi connectivity index (χ4n) is 3.11. The van der Waals surface area contributed by atoms with E-state index in [9.17, 15) is 0 Å². The summed E-state index contributed by atoms with van der Waals surface area (Å²) in [7, 11) is 0. The molecule has 1 atom stereocenters. The summed E-state index contributed by atoms with van der Waals surface area (Å²) in [6.45, 7) is 1.15. The lowest BCUT2D eigenvalue weighted by atomic mass is 9.95. The number of hydrogen-bond donors (Lipinski definition) is 1. The Bertz CT molecular complexity index is 350. The molecule has 1 saturated carbocycles. The molecule has 2 aliphatic rings. The zero-order valence-electron chi connectivity index (χ0n) is 10.3. The number of tetrazole rings is 1. The minimum absolute atomic E-state index is 0.551. The van der Waals surface area contributed by atoms with Gasteiger partial charge < -0.3 is 5.32 Å². The number of hydrogen-bond acceptors (Lipinski definition) is 4. The SMILES string of the molecule is C1CCC(n2nnnc2CC2CCCN2)CC1. The Morgan fingerprint density at radius 2 is 2.00 bits per heavy atom. The van der Waals surface area contributed by atoms with E-state index in [-0.39, 0.29) is 0 Å². The van der Waals surface area contributed by atoms with E-state index in [0.29, 0.717) is 12.1 Å². The van der Waals surface area contributed by atoms with Crippen LogP contribution in [0, 0.1) is 0 Å². The fourth-order valence-corrected chi connectivity index (χ4v) is 3.11. The molecule has 0 amide bonds. The molecule has 1 aromatic rings. The van der Waals surface area contributed by atoms with Crippen LogP contribution in [0.4, 0.5) is 0 Å². The smallest absolute Gasteiger partial charge is 0.153 e. The molecule has 1 aromatic heterocycles. The maximum Gasteiger partial charge on any atom is 0.153 e. The third-order valence-electron chi connectivity index (χ3n) is 4.07. The van der Waals surface area contributed by atoms with Crippen molar-refractivity contribution in [3.05, 3.63) is 5.82 Å². The van der Waals surface area contributed by atoms with Crippen molar-refractivity contribution in [1.82, 2.24) is 25.5 Å². The topological polar surface area (TPSA) is 55.6 Å². The molecule has 5 nitrogen and oxygen atoms in total. The molecule has 3 rings (SSSR count). The van der Waals surface area contributed by atoms with Crippen molar-refractivity contribution in [3.8, 4) is 0 Å². The van der Waals surface area contributed by atoms with E-state index in [1.165, 1.54) is 44.9 Å². The highest BCUT2D eigenvalue weighted by Crippen LogP contribution is 2.28. The lowest BCUT2D eigenvalue weighted by Crippen LogP contribution is -2.27.